The van der Waals surface area contributed by atoms with Gasteiger partial charge in [-0.1, -0.05) is 0 Å². The van der Waals surface area contributed by atoms with E-state index in [2.05, 4.69) is 15.5 Å². The zero-order chi connectivity index (χ0) is 20.2. The Hall–Kier alpha value is -2.74. The SMILES string of the molecule is O=C1CCC(N2C(=O)c3ccc(N4CCCC5(CCNC5)C4)cc3C2=O)C(=O)N1. The maximum atomic E-state index is 13.0. The first-order valence-corrected chi connectivity index (χ1v) is 10.3. The largest absolute Gasteiger partial charge is 0.371 e. The first-order chi connectivity index (χ1) is 14.0. The van der Waals surface area contributed by atoms with E-state index in [0.717, 1.165) is 49.6 Å². The van der Waals surface area contributed by atoms with Crippen LogP contribution in [-0.2, 0) is 9.59 Å². The molecule has 3 saturated heterocycles. The number of piperidine rings is 2. The van der Waals surface area contributed by atoms with E-state index in [-0.39, 0.29) is 24.2 Å². The first kappa shape index (κ1) is 18.3. The van der Waals surface area contributed by atoms with Gasteiger partial charge >= 0.3 is 0 Å². The second-order valence-corrected chi connectivity index (χ2v) is 8.63. The highest BCUT2D eigenvalue weighted by Crippen LogP contribution is 2.38. The number of benzene rings is 1. The number of carbonyl (C=O) groups is 4. The van der Waals surface area contributed by atoms with Crippen molar-refractivity contribution in [3.8, 4) is 0 Å². The van der Waals surface area contributed by atoms with E-state index < -0.39 is 23.8 Å². The van der Waals surface area contributed by atoms with Gasteiger partial charge in [0.2, 0.25) is 11.8 Å². The molecular weight excluding hydrogens is 372 g/mol. The van der Waals surface area contributed by atoms with Crippen molar-refractivity contribution in [2.45, 2.75) is 38.1 Å². The van der Waals surface area contributed by atoms with E-state index in [1.807, 2.05) is 6.07 Å². The van der Waals surface area contributed by atoms with Crippen molar-refractivity contribution in [2.75, 3.05) is 31.1 Å². The molecule has 4 heterocycles. The monoisotopic (exact) mass is 396 g/mol. The summed E-state index contributed by atoms with van der Waals surface area (Å²) in [5.74, 6) is -1.86. The number of imide groups is 2. The van der Waals surface area contributed by atoms with Crippen LogP contribution in [0.3, 0.4) is 0 Å². The molecule has 3 fully saturated rings. The third kappa shape index (κ3) is 2.93. The molecule has 29 heavy (non-hydrogen) atoms. The summed E-state index contributed by atoms with van der Waals surface area (Å²) < 4.78 is 0. The fraction of sp³-hybridized carbons (Fsp3) is 0.524. The van der Waals surface area contributed by atoms with Gasteiger partial charge < -0.3 is 10.2 Å². The molecule has 152 valence electrons. The molecule has 5 rings (SSSR count). The number of amides is 4. The molecule has 2 N–H and O–H groups in total. The Labute approximate surface area is 168 Å². The van der Waals surface area contributed by atoms with Crippen molar-refractivity contribution in [1.29, 1.82) is 0 Å². The summed E-state index contributed by atoms with van der Waals surface area (Å²) in [5, 5.41) is 5.69. The smallest absolute Gasteiger partial charge is 0.262 e. The molecule has 8 nitrogen and oxygen atoms in total. The Balaban J connectivity index is 1.41. The fourth-order valence-electron chi connectivity index (χ4n) is 5.23. The van der Waals surface area contributed by atoms with Crippen molar-refractivity contribution < 1.29 is 19.2 Å². The van der Waals surface area contributed by atoms with Crippen LogP contribution in [0, 0.1) is 5.41 Å². The van der Waals surface area contributed by atoms with Gasteiger partial charge in [-0.05, 0) is 50.4 Å². The topological polar surface area (TPSA) is 98.8 Å². The van der Waals surface area contributed by atoms with E-state index in [0.29, 0.717) is 11.1 Å². The molecule has 1 aromatic carbocycles. The van der Waals surface area contributed by atoms with Gasteiger partial charge in [-0.3, -0.25) is 29.4 Å². The Bertz CT molecular complexity index is 921. The maximum Gasteiger partial charge on any atom is 0.262 e. The van der Waals surface area contributed by atoms with Gasteiger partial charge in [0.25, 0.3) is 11.8 Å². The third-order valence-corrected chi connectivity index (χ3v) is 6.78. The maximum absolute atomic E-state index is 13.0. The van der Waals surface area contributed by atoms with Gasteiger partial charge in [0, 0.05) is 37.2 Å². The minimum absolute atomic E-state index is 0.124. The second kappa shape index (κ2) is 6.66. The zero-order valence-electron chi connectivity index (χ0n) is 16.2. The number of fused-ring (bicyclic) bond motifs is 1. The first-order valence-electron chi connectivity index (χ1n) is 10.3. The Morgan fingerprint density at radius 1 is 1.03 bits per heavy atom. The molecule has 0 aliphatic carbocycles. The van der Waals surface area contributed by atoms with Crippen LogP contribution in [0.2, 0.25) is 0 Å². The zero-order valence-corrected chi connectivity index (χ0v) is 16.2. The van der Waals surface area contributed by atoms with E-state index in [1.165, 1.54) is 6.42 Å². The lowest BCUT2D eigenvalue weighted by Crippen LogP contribution is -2.54. The minimum atomic E-state index is -0.925. The second-order valence-electron chi connectivity index (χ2n) is 8.63. The standard InChI is InChI=1S/C21H24N4O4/c26-17-5-4-16(18(27)23-17)25-19(28)14-3-2-13(10-15(14)20(25)29)24-9-1-6-21(12-24)7-8-22-11-21/h2-3,10,16,22H,1,4-9,11-12H2,(H,23,26,27). The Morgan fingerprint density at radius 2 is 1.86 bits per heavy atom. The summed E-state index contributed by atoms with van der Waals surface area (Å²) in [6.07, 6.45) is 3.77. The predicted octanol–water partition coefficient (Wildman–Crippen LogP) is 0.668. The molecule has 2 unspecified atom stereocenters. The minimum Gasteiger partial charge on any atom is -0.371 e. The number of rotatable bonds is 2. The number of hydrogen-bond acceptors (Lipinski definition) is 6. The molecule has 1 spiro atoms. The van der Waals surface area contributed by atoms with Crippen molar-refractivity contribution in [1.82, 2.24) is 15.5 Å². The summed E-state index contributed by atoms with van der Waals surface area (Å²) in [6, 6.07) is 4.47. The van der Waals surface area contributed by atoms with Crippen LogP contribution in [0.4, 0.5) is 5.69 Å². The van der Waals surface area contributed by atoms with Crippen molar-refractivity contribution in [3.05, 3.63) is 29.3 Å². The van der Waals surface area contributed by atoms with Crippen molar-refractivity contribution in [2.24, 2.45) is 5.41 Å². The van der Waals surface area contributed by atoms with Crippen LogP contribution in [0.1, 0.15) is 52.8 Å². The van der Waals surface area contributed by atoms with Gasteiger partial charge in [-0.25, -0.2) is 0 Å². The van der Waals surface area contributed by atoms with Crippen LogP contribution in [-0.4, -0.2) is 60.7 Å². The summed E-state index contributed by atoms with van der Waals surface area (Å²) in [4.78, 5) is 52.8. The van der Waals surface area contributed by atoms with Gasteiger partial charge in [-0.15, -0.1) is 0 Å². The molecule has 0 saturated carbocycles. The van der Waals surface area contributed by atoms with Crippen molar-refractivity contribution in [3.63, 3.8) is 0 Å². The molecule has 0 bridgehead atoms. The molecule has 4 aliphatic heterocycles. The molecule has 1 aromatic rings. The summed E-state index contributed by atoms with van der Waals surface area (Å²) in [7, 11) is 0. The predicted molar refractivity (Wildman–Crippen MR) is 104 cm³/mol. The average molecular weight is 396 g/mol. The van der Waals surface area contributed by atoms with Crippen LogP contribution >= 0.6 is 0 Å². The molecule has 0 aromatic heterocycles. The molecule has 2 atom stereocenters. The highest BCUT2D eigenvalue weighted by atomic mass is 16.2. The van der Waals surface area contributed by atoms with E-state index >= 15 is 0 Å². The van der Waals surface area contributed by atoms with Crippen LogP contribution in [0.5, 0.6) is 0 Å². The van der Waals surface area contributed by atoms with Crippen molar-refractivity contribution >= 4 is 29.3 Å². The highest BCUT2D eigenvalue weighted by molar-refractivity contribution is 6.23. The number of nitrogens with zero attached hydrogens (tertiary/aromatic N) is 2. The quantitative estimate of drug-likeness (QED) is 0.713. The number of hydrogen-bond donors (Lipinski definition) is 2. The lowest BCUT2D eigenvalue weighted by molar-refractivity contribution is -0.136. The average Bonchev–Trinajstić information content (AvgIpc) is 3.25. The lowest BCUT2D eigenvalue weighted by Gasteiger charge is -2.41. The third-order valence-electron chi connectivity index (χ3n) is 6.78. The summed E-state index contributed by atoms with van der Waals surface area (Å²) >= 11 is 0. The normalized spacial score (nSPS) is 29.6. The molecule has 4 aliphatic rings. The van der Waals surface area contributed by atoms with E-state index in [4.69, 9.17) is 0 Å². The Kier molecular flexibility index (Phi) is 4.20. The number of nitrogens with one attached hydrogen (secondary N) is 2. The van der Waals surface area contributed by atoms with E-state index in [1.54, 1.807) is 12.1 Å². The van der Waals surface area contributed by atoms with Crippen LogP contribution < -0.4 is 15.5 Å². The highest BCUT2D eigenvalue weighted by Gasteiger charge is 2.45. The van der Waals surface area contributed by atoms with Gasteiger partial charge in [0.15, 0.2) is 0 Å². The summed E-state index contributed by atoms with van der Waals surface area (Å²) in [5.41, 5.74) is 1.91. The summed E-state index contributed by atoms with van der Waals surface area (Å²) in [6.45, 7) is 3.94. The van der Waals surface area contributed by atoms with Crippen LogP contribution in [0.15, 0.2) is 18.2 Å². The molecular formula is C21H24N4O4. The molecule has 4 amide bonds. The molecule has 0 radical (unpaired) electrons. The lowest BCUT2D eigenvalue weighted by atomic mass is 9.79. The van der Waals surface area contributed by atoms with Gasteiger partial charge in [0.05, 0.1) is 11.1 Å². The van der Waals surface area contributed by atoms with Gasteiger partial charge in [0.1, 0.15) is 6.04 Å². The number of carbonyl (C=O) groups excluding carboxylic acids is 4. The molecule has 8 heteroatoms. The van der Waals surface area contributed by atoms with Crippen LogP contribution in [0.25, 0.3) is 0 Å². The van der Waals surface area contributed by atoms with E-state index in [9.17, 15) is 19.2 Å². The Morgan fingerprint density at radius 3 is 2.62 bits per heavy atom. The number of anilines is 1. The van der Waals surface area contributed by atoms with Gasteiger partial charge in [-0.2, -0.15) is 0 Å². The fourth-order valence-corrected chi connectivity index (χ4v) is 5.23.